The normalized spacial score (nSPS) is 11.0. The maximum absolute atomic E-state index is 2.99. The summed E-state index contributed by atoms with van der Waals surface area (Å²) >= 11 is 0. The van der Waals surface area contributed by atoms with Crippen molar-refractivity contribution >= 4 is 10.8 Å². The van der Waals surface area contributed by atoms with E-state index < -0.39 is 0 Å². The van der Waals surface area contributed by atoms with Gasteiger partial charge in [-0.05, 0) is 0 Å². The van der Waals surface area contributed by atoms with Crippen molar-refractivity contribution in [3.63, 3.8) is 0 Å². The van der Waals surface area contributed by atoms with Gasteiger partial charge in [0.05, 0.1) is 0 Å². The molecule has 1 aliphatic rings. The molecule has 0 unspecified atom stereocenters. The quantitative estimate of drug-likeness (QED) is 0.594. The molecule has 1 heteroatoms. The van der Waals surface area contributed by atoms with E-state index in [4.69, 9.17) is 0 Å². The smallest absolute Gasteiger partial charge is 0.335 e. The Kier molecular flexibility index (Phi) is 10.8. The summed E-state index contributed by atoms with van der Waals surface area (Å²) in [7, 11) is 0. The van der Waals surface area contributed by atoms with Gasteiger partial charge in [-0.15, -0.1) is 36.1 Å². The van der Waals surface area contributed by atoms with Gasteiger partial charge >= 0.3 is 26.2 Å². The Hall–Kier alpha value is -0.807. The zero-order valence-corrected chi connectivity index (χ0v) is 13.5. The van der Waals surface area contributed by atoms with Crippen molar-refractivity contribution in [3.05, 3.63) is 73.2 Å². The minimum atomic E-state index is 0. The Labute approximate surface area is 130 Å². The number of hydrogen-bond donors (Lipinski definition) is 0. The Bertz CT molecular complexity index is 423. The monoisotopic (exact) mass is 313 g/mol. The number of benzene rings is 1. The van der Waals surface area contributed by atoms with Crippen molar-refractivity contribution in [1.29, 1.82) is 0 Å². The molecule has 91 valence electrons. The molecule has 0 N–H and O–H groups in total. The molecule has 0 heterocycles. The molecular formula is C17H19Zr. The van der Waals surface area contributed by atoms with Crippen molar-refractivity contribution < 1.29 is 26.2 Å². The maximum atomic E-state index is 2.99. The summed E-state index contributed by atoms with van der Waals surface area (Å²) < 4.78 is 0. The van der Waals surface area contributed by atoms with Crippen molar-refractivity contribution in [2.45, 2.75) is 20.3 Å². The van der Waals surface area contributed by atoms with Gasteiger partial charge in [-0.25, -0.2) is 12.2 Å². The Morgan fingerprint density at radius 3 is 2.39 bits per heavy atom. The number of fused-ring (bicyclic) bond motifs is 1. The molecule has 1 aliphatic carbocycles. The third-order valence-corrected chi connectivity index (χ3v) is 2.13. The molecule has 18 heavy (non-hydrogen) atoms. The van der Waals surface area contributed by atoms with Gasteiger partial charge < -0.3 is 6.42 Å². The molecule has 0 saturated carbocycles. The van der Waals surface area contributed by atoms with E-state index in [1.165, 1.54) is 10.8 Å². The van der Waals surface area contributed by atoms with Gasteiger partial charge in [0.15, 0.2) is 0 Å². The summed E-state index contributed by atoms with van der Waals surface area (Å²) in [6.45, 7) is 4.00. The molecule has 2 aromatic carbocycles. The molecule has 0 aliphatic heterocycles. The molecule has 0 atom stereocenters. The fourth-order valence-electron chi connectivity index (χ4n) is 1.41. The summed E-state index contributed by atoms with van der Waals surface area (Å²) in [5.74, 6) is 0. The fourth-order valence-corrected chi connectivity index (χ4v) is 1.41. The van der Waals surface area contributed by atoms with Crippen LogP contribution >= 0.6 is 0 Å². The van der Waals surface area contributed by atoms with Gasteiger partial charge in [-0.2, -0.15) is 37.4 Å². The first kappa shape index (κ1) is 17.2. The van der Waals surface area contributed by atoms with Gasteiger partial charge in [0.1, 0.15) is 0 Å². The molecule has 1 radical (unpaired) electrons. The van der Waals surface area contributed by atoms with Crippen LogP contribution in [0, 0.1) is 12.5 Å². The van der Waals surface area contributed by atoms with Gasteiger partial charge in [-0.1, -0.05) is 6.07 Å². The minimum Gasteiger partial charge on any atom is -0.335 e. The second kappa shape index (κ2) is 11.3. The molecule has 3 rings (SSSR count). The van der Waals surface area contributed by atoms with E-state index >= 15 is 0 Å². The topological polar surface area (TPSA) is 0 Å². The van der Waals surface area contributed by atoms with Crippen LogP contribution in [0.5, 0.6) is 0 Å². The average Bonchev–Trinajstić information content (AvgIpc) is 3.05. The molecule has 0 saturated heterocycles. The largest absolute Gasteiger partial charge is 3.00 e. The van der Waals surface area contributed by atoms with Crippen molar-refractivity contribution in [2.75, 3.05) is 0 Å². The second-order valence-corrected chi connectivity index (χ2v) is 3.74. The SMILES string of the molecule is C[CH-]C.[C-]1=CC=CC1.[Zr+3].c1ccc2[cH-]ccc2c1. The molecule has 0 aromatic heterocycles. The van der Waals surface area contributed by atoms with Crippen LogP contribution in [0.25, 0.3) is 10.8 Å². The molecular weight excluding hydrogens is 295 g/mol. The van der Waals surface area contributed by atoms with Gasteiger partial charge in [0.25, 0.3) is 0 Å². The maximum Gasteiger partial charge on any atom is 3.00 e. The third-order valence-electron chi connectivity index (χ3n) is 2.13. The van der Waals surface area contributed by atoms with E-state index in [9.17, 15) is 0 Å². The molecule has 0 amide bonds. The van der Waals surface area contributed by atoms with Gasteiger partial charge in [0.2, 0.25) is 0 Å². The number of allylic oxidation sites excluding steroid dienone is 4. The van der Waals surface area contributed by atoms with E-state index in [1.807, 2.05) is 32.4 Å². The van der Waals surface area contributed by atoms with Crippen LogP contribution in [0.4, 0.5) is 0 Å². The average molecular weight is 315 g/mol. The summed E-state index contributed by atoms with van der Waals surface area (Å²) in [4.78, 5) is 0. The number of hydrogen-bond acceptors (Lipinski definition) is 0. The first-order valence-electron chi connectivity index (χ1n) is 5.94. The van der Waals surface area contributed by atoms with Crippen LogP contribution in [0.15, 0.2) is 60.7 Å². The van der Waals surface area contributed by atoms with Crippen LogP contribution in [-0.4, -0.2) is 0 Å². The van der Waals surface area contributed by atoms with Crippen molar-refractivity contribution in [3.8, 4) is 0 Å². The van der Waals surface area contributed by atoms with E-state index in [0.717, 1.165) is 6.42 Å². The van der Waals surface area contributed by atoms with Crippen LogP contribution in [-0.2, 0) is 26.2 Å². The number of rotatable bonds is 0. The van der Waals surface area contributed by atoms with E-state index in [-0.39, 0.29) is 26.2 Å². The Morgan fingerprint density at radius 2 is 1.89 bits per heavy atom. The van der Waals surface area contributed by atoms with Crippen molar-refractivity contribution in [1.82, 2.24) is 0 Å². The summed E-state index contributed by atoms with van der Waals surface area (Å²) in [5, 5.41) is 2.66. The molecule has 0 spiro atoms. The predicted molar refractivity (Wildman–Crippen MR) is 76.8 cm³/mol. The summed E-state index contributed by atoms with van der Waals surface area (Å²) in [6.07, 6.45) is 12.0. The first-order chi connectivity index (χ1) is 8.38. The molecule has 0 bridgehead atoms. The second-order valence-electron chi connectivity index (χ2n) is 3.74. The first-order valence-corrected chi connectivity index (χ1v) is 5.94. The van der Waals surface area contributed by atoms with Gasteiger partial charge in [0, 0.05) is 0 Å². The Balaban J connectivity index is 0.000000277. The fraction of sp³-hybridized carbons (Fsp3) is 0.176. The Morgan fingerprint density at radius 1 is 1.17 bits per heavy atom. The predicted octanol–water partition coefficient (Wildman–Crippen LogP) is 5.09. The third kappa shape index (κ3) is 6.81. The molecule has 0 fully saturated rings. The van der Waals surface area contributed by atoms with Crippen LogP contribution in [0.2, 0.25) is 0 Å². The van der Waals surface area contributed by atoms with Gasteiger partial charge in [-0.3, -0.25) is 6.08 Å². The summed E-state index contributed by atoms with van der Waals surface area (Å²) in [5.41, 5.74) is 0. The van der Waals surface area contributed by atoms with E-state index in [1.54, 1.807) is 0 Å². The van der Waals surface area contributed by atoms with E-state index in [0.29, 0.717) is 0 Å². The van der Waals surface area contributed by atoms with Crippen LogP contribution < -0.4 is 0 Å². The molecule has 2 aromatic rings. The van der Waals surface area contributed by atoms with Crippen molar-refractivity contribution in [2.24, 2.45) is 0 Å². The zero-order valence-electron chi connectivity index (χ0n) is 11.1. The zero-order chi connectivity index (χ0) is 12.3. The van der Waals surface area contributed by atoms with Crippen LogP contribution in [0.1, 0.15) is 20.3 Å². The van der Waals surface area contributed by atoms with Crippen LogP contribution in [0.3, 0.4) is 0 Å². The minimum absolute atomic E-state index is 0. The standard InChI is InChI=1S/C9H7.C5H5.C3H7.Zr/c1-2-5-9-7-3-6-8(9)4-1;1-2-4-5-3-1;1-3-2;/h1-7H;1-3H,4H2;3H,1-2H3;/q3*-1;+3. The molecule has 0 nitrogen and oxygen atoms in total. The summed E-state index contributed by atoms with van der Waals surface area (Å²) in [6, 6.07) is 14.7. The van der Waals surface area contributed by atoms with E-state index in [2.05, 4.69) is 54.6 Å².